The Hall–Kier alpha value is -0.990. The number of quaternary nitrogens is 1. The highest BCUT2D eigenvalue weighted by molar-refractivity contribution is 7.47. The molecule has 0 amide bonds. The summed E-state index contributed by atoms with van der Waals surface area (Å²) in [5.74, 6) is -0.895. The van der Waals surface area contributed by atoms with E-state index in [4.69, 9.17) is 18.5 Å². The summed E-state index contributed by atoms with van der Waals surface area (Å²) in [6.07, 6.45) is 16.8. The predicted molar refractivity (Wildman–Crippen MR) is 151 cm³/mol. The van der Waals surface area contributed by atoms with Gasteiger partial charge in [-0.1, -0.05) is 97.3 Å². The predicted octanol–water partition coefficient (Wildman–Crippen LogP) is 6.56. The summed E-state index contributed by atoms with van der Waals surface area (Å²) in [5, 5.41) is 0. The Balaban J connectivity index is 4.01. The van der Waals surface area contributed by atoms with E-state index in [0.717, 1.165) is 19.3 Å². The normalized spacial score (nSPS) is 14.2. The molecule has 0 saturated carbocycles. The number of phosphoric ester groups is 1. The molecule has 10 heteroatoms. The van der Waals surface area contributed by atoms with Crippen molar-refractivity contribution in [1.82, 2.24) is 0 Å². The lowest BCUT2D eigenvalue weighted by atomic mass is 10.0. The maximum atomic E-state index is 12.1. The highest BCUT2D eigenvalue weighted by Gasteiger charge is 2.26. The van der Waals surface area contributed by atoms with Crippen molar-refractivity contribution >= 4 is 19.8 Å². The molecule has 0 aromatic rings. The molecule has 0 spiro atoms. The molecule has 0 fully saturated rings. The van der Waals surface area contributed by atoms with E-state index in [1.165, 1.54) is 70.6 Å². The van der Waals surface area contributed by atoms with Crippen LogP contribution in [0.3, 0.4) is 0 Å². The zero-order valence-corrected chi connectivity index (χ0v) is 25.8. The summed E-state index contributed by atoms with van der Waals surface area (Å²) in [6.45, 7) is 3.79. The fourth-order valence-corrected chi connectivity index (χ4v) is 4.49. The number of rotatable bonds is 26. The molecule has 0 aliphatic rings. The molecule has 38 heavy (non-hydrogen) atoms. The minimum Gasteiger partial charge on any atom is -0.462 e. The first kappa shape index (κ1) is 37.0. The molecule has 0 radical (unpaired) electrons. The molecule has 0 aromatic carbocycles. The van der Waals surface area contributed by atoms with Crippen LogP contribution in [0.2, 0.25) is 0 Å². The Kier molecular flexibility index (Phi) is 22.2. The summed E-state index contributed by atoms with van der Waals surface area (Å²) >= 11 is 0. The van der Waals surface area contributed by atoms with Crippen molar-refractivity contribution in [3.8, 4) is 0 Å². The van der Waals surface area contributed by atoms with E-state index in [2.05, 4.69) is 6.92 Å². The number of likely N-dealkylation sites (N-methyl/N-ethyl adjacent to an activating group) is 1. The Morgan fingerprint density at radius 1 is 0.737 bits per heavy atom. The molecule has 1 unspecified atom stereocenters. The van der Waals surface area contributed by atoms with Gasteiger partial charge in [-0.3, -0.25) is 18.6 Å². The zero-order chi connectivity index (χ0) is 28.7. The van der Waals surface area contributed by atoms with E-state index in [0.29, 0.717) is 17.4 Å². The van der Waals surface area contributed by atoms with Crippen molar-refractivity contribution in [2.45, 2.75) is 123 Å². The van der Waals surface area contributed by atoms with Crippen LogP contribution in [0.5, 0.6) is 0 Å². The van der Waals surface area contributed by atoms with Crippen molar-refractivity contribution in [2.75, 3.05) is 47.5 Å². The maximum Gasteiger partial charge on any atom is 0.472 e. The Morgan fingerprint density at radius 3 is 1.71 bits per heavy atom. The standard InChI is InChI=1S/C28H56NO8P/c1-6-8-9-10-11-12-13-14-15-16-17-18-19-20-21-28(31)34-24-26(37-27(30)7-2)25-36-38(32,33)35-23-22-29(3,4)5/h26H,6-25H2,1-5H3/p+1/t26-/m1/s1. The van der Waals surface area contributed by atoms with Gasteiger partial charge in [0.1, 0.15) is 19.8 Å². The van der Waals surface area contributed by atoms with E-state index in [1.807, 2.05) is 21.1 Å². The first-order valence-corrected chi connectivity index (χ1v) is 16.3. The average molecular weight is 567 g/mol. The lowest BCUT2D eigenvalue weighted by Crippen LogP contribution is -2.37. The van der Waals surface area contributed by atoms with E-state index >= 15 is 0 Å². The van der Waals surface area contributed by atoms with Crippen molar-refractivity contribution in [1.29, 1.82) is 0 Å². The lowest BCUT2D eigenvalue weighted by Gasteiger charge is -2.24. The molecular formula is C28H57NO8P+. The van der Waals surface area contributed by atoms with Gasteiger partial charge in [0.15, 0.2) is 6.10 Å². The van der Waals surface area contributed by atoms with Crippen molar-refractivity contribution < 1.29 is 42.1 Å². The summed E-state index contributed by atoms with van der Waals surface area (Å²) in [5.41, 5.74) is 0. The van der Waals surface area contributed by atoms with E-state index in [-0.39, 0.29) is 25.6 Å². The molecule has 0 saturated heterocycles. The van der Waals surface area contributed by atoms with Crippen LogP contribution in [0.4, 0.5) is 0 Å². The molecular weight excluding hydrogens is 509 g/mol. The van der Waals surface area contributed by atoms with Crippen LogP contribution in [-0.2, 0) is 32.7 Å². The number of hydrogen-bond acceptors (Lipinski definition) is 7. The van der Waals surface area contributed by atoms with Crippen LogP contribution < -0.4 is 0 Å². The fraction of sp³-hybridized carbons (Fsp3) is 0.929. The van der Waals surface area contributed by atoms with Gasteiger partial charge in [0.05, 0.1) is 27.7 Å². The van der Waals surface area contributed by atoms with Crippen molar-refractivity contribution in [2.24, 2.45) is 0 Å². The highest BCUT2D eigenvalue weighted by atomic mass is 31.2. The summed E-state index contributed by atoms with van der Waals surface area (Å²) in [4.78, 5) is 33.7. The molecule has 0 aromatic heterocycles. The third kappa shape index (κ3) is 25.3. The topological polar surface area (TPSA) is 108 Å². The van der Waals surface area contributed by atoms with Gasteiger partial charge in [0.2, 0.25) is 0 Å². The lowest BCUT2D eigenvalue weighted by molar-refractivity contribution is -0.870. The average Bonchev–Trinajstić information content (AvgIpc) is 2.84. The number of phosphoric acid groups is 1. The minimum atomic E-state index is -4.32. The number of carbonyl (C=O) groups excluding carboxylic acids is 2. The first-order chi connectivity index (χ1) is 18.0. The number of nitrogens with zero attached hydrogens (tertiary/aromatic N) is 1. The number of ether oxygens (including phenoxy) is 2. The number of esters is 2. The van der Waals surface area contributed by atoms with Gasteiger partial charge in [-0.15, -0.1) is 0 Å². The van der Waals surface area contributed by atoms with Crippen LogP contribution >= 0.6 is 7.82 Å². The number of unbranched alkanes of at least 4 members (excludes halogenated alkanes) is 13. The second-order valence-electron chi connectivity index (χ2n) is 11.1. The van der Waals surface area contributed by atoms with Gasteiger partial charge in [0, 0.05) is 12.8 Å². The monoisotopic (exact) mass is 566 g/mol. The van der Waals surface area contributed by atoms with E-state index < -0.39 is 26.5 Å². The summed E-state index contributed by atoms with van der Waals surface area (Å²) < 4.78 is 33.1. The third-order valence-corrected chi connectivity index (χ3v) is 7.18. The van der Waals surface area contributed by atoms with Gasteiger partial charge in [-0.2, -0.15) is 0 Å². The SMILES string of the molecule is CCCCCCCCCCCCCCCCC(=O)OC[C@H](COP(=O)(O)OCC[N+](C)(C)C)OC(=O)CC. The van der Waals surface area contributed by atoms with Gasteiger partial charge >= 0.3 is 19.8 Å². The molecule has 0 bridgehead atoms. The maximum absolute atomic E-state index is 12.1. The second-order valence-corrected chi connectivity index (χ2v) is 12.6. The Bertz CT molecular complexity index is 653. The van der Waals surface area contributed by atoms with Crippen LogP contribution in [-0.4, -0.2) is 74.9 Å². The Morgan fingerprint density at radius 2 is 1.24 bits per heavy atom. The van der Waals surface area contributed by atoms with Gasteiger partial charge in [-0.25, -0.2) is 4.57 Å². The third-order valence-electron chi connectivity index (χ3n) is 6.19. The molecule has 0 heterocycles. The van der Waals surface area contributed by atoms with Gasteiger partial charge in [0.25, 0.3) is 0 Å². The first-order valence-electron chi connectivity index (χ1n) is 14.8. The smallest absolute Gasteiger partial charge is 0.462 e. The Labute approximate surface area is 232 Å². The van der Waals surface area contributed by atoms with Crippen LogP contribution in [0.15, 0.2) is 0 Å². The van der Waals surface area contributed by atoms with Gasteiger partial charge < -0.3 is 18.9 Å². The molecule has 0 aliphatic carbocycles. The highest BCUT2D eigenvalue weighted by Crippen LogP contribution is 2.43. The number of hydrogen-bond donors (Lipinski definition) is 1. The van der Waals surface area contributed by atoms with Gasteiger partial charge in [-0.05, 0) is 6.42 Å². The summed E-state index contributed by atoms with van der Waals surface area (Å²) in [7, 11) is 1.47. The van der Waals surface area contributed by atoms with Crippen molar-refractivity contribution in [3.63, 3.8) is 0 Å². The molecule has 9 nitrogen and oxygen atoms in total. The number of carbonyl (C=O) groups is 2. The quantitative estimate of drug-likeness (QED) is 0.0543. The van der Waals surface area contributed by atoms with Crippen molar-refractivity contribution in [3.05, 3.63) is 0 Å². The van der Waals surface area contributed by atoms with E-state index in [9.17, 15) is 19.0 Å². The largest absolute Gasteiger partial charge is 0.472 e. The van der Waals surface area contributed by atoms with Crippen LogP contribution in [0, 0.1) is 0 Å². The zero-order valence-electron chi connectivity index (χ0n) is 24.9. The molecule has 226 valence electrons. The molecule has 1 N–H and O–H groups in total. The second kappa shape index (κ2) is 22.8. The fourth-order valence-electron chi connectivity index (χ4n) is 3.75. The van der Waals surface area contributed by atoms with Crippen LogP contribution in [0.25, 0.3) is 0 Å². The van der Waals surface area contributed by atoms with E-state index in [1.54, 1.807) is 6.92 Å². The van der Waals surface area contributed by atoms with Crippen LogP contribution in [0.1, 0.15) is 117 Å². The summed E-state index contributed by atoms with van der Waals surface area (Å²) in [6, 6.07) is 0. The molecule has 0 rings (SSSR count). The molecule has 0 aliphatic heterocycles. The minimum absolute atomic E-state index is 0.0326. The molecule has 2 atom stereocenters.